The lowest BCUT2D eigenvalue weighted by molar-refractivity contribution is -0.115. The van der Waals surface area contributed by atoms with Crippen LogP contribution in [0.2, 0.25) is 0 Å². The highest BCUT2D eigenvalue weighted by atomic mass is 32.2. The van der Waals surface area contributed by atoms with E-state index < -0.39 is 15.9 Å². The van der Waals surface area contributed by atoms with Crippen molar-refractivity contribution in [2.45, 2.75) is 37.2 Å². The Hall–Kier alpha value is -3.33. The average molecular weight is 505 g/mol. The number of hydrogen-bond acceptors (Lipinski definition) is 5. The first kappa shape index (κ1) is 25.8. The Bertz CT molecular complexity index is 1380. The van der Waals surface area contributed by atoms with Crippen molar-refractivity contribution in [3.05, 3.63) is 89.5 Å². The van der Waals surface area contributed by atoms with E-state index in [0.29, 0.717) is 17.0 Å². The summed E-state index contributed by atoms with van der Waals surface area (Å²) in [4.78, 5) is 20.4. The molecule has 1 aliphatic heterocycles. The van der Waals surface area contributed by atoms with Gasteiger partial charge in [0.15, 0.2) is 0 Å². The van der Waals surface area contributed by atoms with Crippen LogP contribution in [-0.2, 0) is 21.4 Å². The van der Waals surface area contributed by atoms with E-state index in [4.69, 9.17) is 4.99 Å². The molecule has 3 aromatic rings. The minimum atomic E-state index is -3.71. The second-order valence-corrected chi connectivity index (χ2v) is 11.6. The molecule has 1 atom stereocenters. The maximum Gasteiger partial charge on any atom is 0.243 e. The lowest BCUT2D eigenvalue weighted by Crippen LogP contribution is -2.33. The Morgan fingerprint density at radius 1 is 0.972 bits per heavy atom. The van der Waals surface area contributed by atoms with E-state index in [1.54, 1.807) is 25.2 Å². The topological polar surface area (TPSA) is 82.1 Å². The highest BCUT2D eigenvalue weighted by Gasteiger charge is 2.37. The van der Waals surface area contributed by atoms with Crippen LogP contribution in [0.15, 0.2) is 82.7 Å². The van der Waals surface area contributed by atoms with Gasteiger partial charge in [0.2, 0.25) is 15.9 Å². The maximum absolute atomic E-state index is 13.3. The first-order valence-electron chi connectivity index (χ1n) is 11.9. The van der Waals surface area contributed by atoms with Crippen molar-refractivity contribution in [1.29, 1.82) is 0 Å². The summed E-state index contributed by atoms with van der Waals surface area (Å²) in [6, 6.07) is 22.1. The van der Waals surface area contributed by atoms with Crippen molar-refractivity contribution in [3.63, 3.8) is 0 Å². The molecule has 1 aliphatic rings. The van der Waals surface area contributed by atoms with Gasteiger partial charge in [-0.3, -0.25) is 9.79 Å². The van der Waals surface area contributed by atoms with Crippen molar-refractivity contribution >= 4 is 33.0 Å². The molecule has 8 heteroatoms. The van der Waals surface area contributed by atoms with Gasteiger partial charge in [-0.15, -0.1) is 0 Å². The van der Waals surface area contributed by atoms with E-state index in [9.17, 15) is 13.2 Å². The van der Waals surface area contributed by atoms with Crippen LogP contribution in [0.5, 0.6) is 0 Å². The lowest BCUT2D eigenvalue weighted by Gasteiger charge is -2.21. The number of hydrogen-bond donors (Lipinski definition) is 1. The lowest BCUT2D eigenvalue weighted by atomic mass is 9.90. The Labute approximate surface area is 213 Å². The third-order valence-electron chi connectivity index (χ3n) is 6.29. The molecule has 0 fully saturated rings. The minimum absolute atomic E-state index is 0.152. The second kappa shape index (κ2) is 10.3. The van der Waals surface area contributed by atoms with Gasteiger partial charge in [-0.2, -0.15) is 4.31 Å². The molecule has 3 aromatic carbocycles. The third kappa shape index (κ3) is 5.26. The van der Waals surface area contributed by atoms with Crippen LogP contribution in [0, 0.1) is 0 Å². The van der Waals surface area contributed by atoms with Gasteiger partial charge in [-0.25, -0.2) is 8.42 Å². The molecular weight excluding hydrogens is 472 g/mol. The molecule has 7 nitrogen and oxygen atoms in total. The van der Waals surface area contributed by atoms with Crippen molar-refractivity contribution in [2.75, 3.05) is 26.5 Å². The van der Waals surface area contributed by atoms with Crippen LogP contribution in [0.3, 0.4) is 0 Å². The maximum atomic E-state index is 13.3. The number of rotatable bonds is 8. The number of nitrogens with one attached hydrogen (secondary N) is 1. The first-order chi connectivity index (χ1) is 17.1. The van der Waals surface area contributed by atoms with Crippen LogP contribution >= 0.6 is 0 Å². The van der Waals surface area contributed by atoms with Crippen LogP contribution < -0.4 is 5.32 Å². The van der Waals surface area contributed by atoms with Gasteiger partial charge in [0, 0.05) is 25.3 Å². The third-order valence-corrected chi connectivity index (χ3v) is 8.32. The number of carbonyl (C=O) groups is 1. The number of benzene rings is 3. The summed E-state index contributed by atoms with van der Waals surface area (Å²) in [5.74, 6) is -0.980. The van der Waals surface area contributed by atoms with E-state index in [-0.39, 0.29) is 16.8 Å². The van der Waals surface area contributed by atoms with E-state index in [2.05, 4.69) is 10.2 Å². The number of fused-ring (bicyclic) bond motifs is 1. The van der Waals surface area contributed by atoms with Gasteiger partial charge in [0.1, 0.15) is 5.92 Å². The second-order valence-electron chi connectivity index (χ2n) is 9.55. The summed E-state index contributed by atoms with van der Waals surface area (Å²) in [6.45, 7) is 4.46. The minimum Gasteiger partial charge on any atom is -0.325 e. The zero-order valence-corrected chi connectivity index (χ0v) is 22.1. The highest BCUT2D eigenvalue weighted by molar-refractivity contribution is 7.89. The fourth-order valence-electron chi connectivity index (χ4n) is 4.20. The van der Waals surface area contributed by atoms with Gasteiger partial charge >= 0.3 is 0 Å². The fraction of sp³-hybridized carbons (Fsp3) is 0.286. The zero-order valence-electron chi connectivity index (χ0n) is 21.3. The van der Waals surface area contributed by atoms with Crippen molar-refractivity contribution in [2.24, 2.45) is 4.99 Å². The molecule has 0 radical (unpaired) electrons. The quantitative estimate of drug-likeness (QED) is 0.454. The molecule has 0 saturated heterocycles. The molecule has 188 valence electrons. The van der Waals surface area contributed by atoms with E-state index in [1.165, 1.54) is 4.31 Å². The summed E-state index contributed by atoms with van der Waals surface area (Å²) in [7, 11) is 1.88. The number of sulfonamides is 1. The van der Waals surface area contributed by atoms with Gasteiger partial charge in [0.25, 0.3) is 0 Å². The van der Waals surface area contributed by atoms with Gasteiger partial charge < -0.3 is 10.2 Å². The van der Waals surface area contributed by atoms with Crippen molar-refractivity contribution < 1.29 is 13.2 Å². The smallest absolute Gasteiger partial charge is 0.243 e. The monoisotopic (exact) mass is 504 g/mol. The number of amides is 1. The number of nitrogens with zero attached hydrogens (tertiary/aromatic N) is 3. The molecule has 1 amide bonds. The van der Waals surface area contributed by atoms with Gasteiger partial charge in [-0.05, 0) is 75.0 Å². The van der Waals surface area contributed by atoms with Gasteiger partial charge in [0.05, 0.1) is 16.3 Å². The molecule has 0 aliphatic carbocycles. The number of carbonyl (C=O) groups excluding carboxylic acids is 1. The Balaban J connectivity index is 1.82. The first-order valence-corrected chi connectivity index (χ1v) is 13.3. The number of aliphatic imine (C=N–C) groups is 1. The average Bonchev–Trinajstić information content (AvgIpc) is 3.18. The predicted molar refractivity (Wildman–Crippen MR) is 144 cm³/mol. The number of anilines is 1. The fourth-order valence-corrected chi connectivity index (χ4v) is 5.60. The SMILES string of the molecule is CC(C)N(C)S(=O)(=O)c1ccc2c(c1)C(C(=Nc1ccc(CN(C)C)cc1)c1ccccc1)C(=O)N2. The van der Waals surface area contributed by atoms with Crippen LogP contribution in [0.25, 0.3) is 0 Å². The Morgan fingerprint density at radius 3 is 2.25 bits per heavy atom. The van der Waals surface area contributed by atoms with Gasteiger partial charge in [-0.1, -0.05) is 42.5 Å². The molecule has 1 unspecified atom stereocenters. The van der Waals surface area contributed by atoms with E-state index in [0.717, 1.165) is 23.4 Å². The van der Waals surface area contributed by atoms with Crippen molar-refractivity contribution in [3.8, 4) is 0 Å². The van der Waals surface area contributed by atoms with Crippen LogP contribution in [0.1, 0.15) is 36.5 Å². The summed E-state index contributed by atoms with van der Waals surface area (Å²) in [6.07, 6.45) is 0. The molecule has 1 heterocycles. The highest BCUT2D eigenvalue weighted by Crippen LogP contribution is 2.38. The summed E-state index contributed by atoms with van der Waals surface area (Å²) in [5, 5.41) is 2.91. The van der Waals surface area contributed by atoms with Crippen LogP contribution in [-0.4, -0.2) is 56.4 Å². The molecular formula is C28H32N4O3S. The molecule has 4 rings (SSSR count). The summed E-state index contributed by atoms with van der Waals surface area (Å²) >= 11 is 0. The molecule has 0 spiro atoms. The molecule has 36 heavy (non-hydrogen) atoms. The normalized spacial score (nSPS) is 16.1. The Kier molecular flexibility index (Phi) is 7.40. The molecule has 0 bridgehead atoms. The summed E-state index contributed by atoms with van der Waals surface area (Å²) < 4.78 is 27.7. The summed E-state index contributed by atoms with van der Waals surface area (Å²) in [5.41, 5.74) is 4.45. The van der Waals surface area contributed by atoms with Crippen LogP contribution in [0.4, 0.5) is 11.4 Å². The molecule has 0 aromatic heterocycles. The molecule has 1 N–H and O–H groups in total. The van der Waals surface area contributed by atoms with Crippen molar-refractivity contribution in [1.82, 2.24) is 9.21 Å². The predicted octanol–water partition coefficient (Wildman–Crippen LogP) is 4.63. The van der Waals surface area contributed by atoms with E-state index in [1.807, 2.05) is 82.5 Å². The molecule has 0 saturated carbocycles. The Morgan fingerprint density at radius 2 is 1.64 bits per heavy atom. The standard InChI is InChI=1S/C28H32N4O3S/c1-19(2)32(5)36(34,35)23-15-16-25-24(17-23)26(28(33)30-25)27(21-9-7-6-8-10-21)29-22-13-11-20(12-14-22)18-31(3)4/h6-17,19,26H,18H2,1-5H3,(H,30,33). The zero-order chi connectivity index (χ0) is 26.0. The largest absolute Gasteiger partial charge is 0.325 e. The van der Waals surface area contributed by atoms with E-state index >= 15 is 0 Å².